The first kappa shape index (κ1) is 10.3. The number of rotatable bonds is 3. The molecule has 0 unspecified atom stereocenters. The molecule has 0 aliphatic heterocycles. The van der Waals surface area contributed by atoms with Gasteiger partial charge in [-0.2, -0.15) is 0 Å². The van der Waals surface area contributed by atoms with Crippen molar-refractivity contribution in [2.75, 3.05) is 18.2 Å². The topological polar surface area (TPSA) is 60.2 Å². The molecule has 82 valence electrons. The summed E-state index contributed by atoms with van der Waals surface area (Å²) in [5.74, 6) is 0.600. The molecular weight excluding hydrogens is 202 g/mol. The smallest absolute Gasteiger partial charge is 0.213 e. The molecule has 0 saturated heterocycles. The van der Waals surface area contributed by atoms with E-state index in [9.17, 15) is 0 Å². The molecule has 1 heterocycles. The zero-order valence-electron chi connectivity index (χ0n) is 8.97. The minimum atomic E-state index is 0.600. The molecule has 0 spiro atoms. The summed E-state index contributed by atoms with van der Waals surface area (Å²) in [6.07, 6.45) is 1.72. The van der Waals surface area contributed by atoms with E-state index in [1.54, 1.807) is 19.4 Å². The summed E-state index contributed by atoms with van der Waals surface area (Å²) >= 11 is 0. The second kappa shape index (κ2) is 4.53. The molecule has 1 aromatic carbocycles. The molecular formula is C12H13N3O. The van der Waals surface area contributed by atoms with Gasteiger partial charge in [0.1, 0.15) is 0 Å². The first-order valence-electron chi connectivity index (χ1n) is 4.90. The van der Waals surface area contributed by atoms with Gasteiger partial charge in [-0.3, -0.25) is 0 Å². The highest BCUT2D eigenvalue weighted by Crippen LogP contribution is 2.18. The molecule has 0 radical (unpaired) electrons. The Hall–Kier alpha value is -2.23. The van der Waals surface area contributed by atoms with Gasteiger partial charge in [0.15, 0.2) is 0 Å². The molecule has 0 fully saturated rings. The molecule has 16 heavy (non-hydrogen) atoms. The van der Waals surface area contributed by atoms with Crippen molar-refractivity contribution in [1.29, 1.82) is 0 Å². The number of ether oxygens (including phenoxy) is 1. The van der Waals surface area contributed by atoms with Gasteiger partial charge in [0.2, 0.25) is 5.88 Å². The van der Waals surface area contributed by atoms with Crippen LogP contribution in [-0.2, 0) is 0 Å². The van der Waals surface area contributed by atoms with Crippen molar-refractivity contribution in [3.63, 3.8) is 0 Å². The van der Waals surface area contributed by atoms with Gasteiger partial charge in [-0.05, 0) is 30.3 Å². The maximum Gasteiger partial charge on any atom is 0.213 e. The summed E-state index contributed by atoms with van der Waals surface area (Å²) in [6.45, 7) is 0. The maximum absolute atomic E-state index is 5.60. The van der Waals surface area contributed by atoms with E-state index in [0.717, 1.165) is 17.1 Å². The average Bonchev–Trinajstić information content (AvgIpc) is 2.33. The Kier molecular flexibility index (Phi) is 2.91. The third-order valence-electron chi connectivity index (χ3n) is 2.14. The Balaban J connectivity index is 2.11. The maximum atomic E-state index is 5.60. The normalized spacial score (nSPS) is 9.81. The molecule has 0 aliphatic rings. The Labute approximate surface area is 94.1 Å². The third kappa shape index (κ3) is 2.42. The van der Waals surface area contributed by atoms with Crippen molar-refractivity contribution in [1.82, 2.24) is 4.98 Å². The van der Waals surface area contributed by atoms with Gasteiger partial charge < -0.3 is 15.8 Å². The lowest BCUT2D eigenvalue weighted by atomic mass is 10.3. The summed E-state index contributed by atoms with van der Waals surface area (Å²) in [6, 6.07) is 11.2. The van der Waals surface area contributed by atoms with Crippen molar-refractivity contribution >= 4 is 17.1 Å². The zero-order chi connectivity index (χ0) is 11.4. The number of nitrogens with two attached hydrogens (primary N) is 1. The lowest BCUT2D eigenvalue weighted by molar-refractivity contribution is 0.398. The third-order valence-corrected chi connectivity index (χ3v) is 2.14. The molecule has 0 atom stereocenters. The van der Waals surface area contributed by atoms with E-state index in [0.29, 0.717) is 5.88 Å². The summed E-state index contributed by atoms with van der Waals surface area (Å²) in [7, 11) is 1.59. The number of nitrogen functional groups attached to an aromatic ring is 1. The number of methoxy groups -OCH3 is 1. The molecule has 4 nitrogen and oxygen atoms in total. The van der Waals surface area contributed by atoms with Crippen LogP contribution in [0, 0.1) is 0 Å². The van der Waals surface area contributed by atoms with E-state index in [2.05, 4.69) is 10.3 Å². The number of nitrogens with one attached hydrogen (secondary N) is 1. The van der Waals surface area contributed by atoms with Crippen LogP contribution in [0.2, 0.25) is 0 Å². The largest absolute Gasteiger partial charge is 0.481 e. The minimum absolute atomic E-state index is 0.600. The highest BCUT2D eigenvalue weighted by atomic mass is 16.5. The van der Waals surface area contributed by atoms with Gasteiger partial charge in [-0.15, -0.1) is 0 Å². The Bertz CT molecular complexity index is 451. The quantitative estimate of drug-likeness (QED) is 0.772. The summed E-state index contributed by atoms with van der Waals surface area (Å²) in [5.41, 5.74) is 8.23. The molecule has 0 aliphatic carbocycles. The van der Waals surface area contributed by atoms with E-state index in [1.165, 1.54) is 0 Å². The van der Waals surface area contributed by atoms with Gasteiger partial charge >= 0.3 is 0 Å². The number of hydrogen-bond donors (Lipinski definition) is 2. The van der Waals surface area contributed by atoms with Gasteiger partial charge in [-0.1, -0.05) is 0 Å². The zero-order valence-corrected chi connectivity index (χ0v) is 8.97. The molecule has 0 bridgehead atoms. The van der Waals surface area contributed by atoms with Crippen molar-refractivity contribution in [2.24, 2.45) is 0 Å². The molecule has 2 rings (SSSR count). The lowest BCUT2D eigenvalue weighted by Gasteiger charge is -2.06. The van der Waals surface area contributed by atoms with Crippen molar-refractivity contribution < 1.29 is 4.74 Å². The fourth-order valence-corrected chi connectivity index (χ4v) is 1.31. The molecule has 1 aromatic heterocycles. The fraction of sp³-hybridized carbons (Fsp3) is 0.0833. The van der Waals surface area contributed by atoms with E-state index in [-0.39, 0.29) is 0 Å². The summed E-state index contributed by atoms with van der Waals surface area (Å²) < 4.78 is 4.98. The molecule has 2 aromatic rings. The standard InChI is InChI=1S/C12H13N3O/c1-16-12-7-6-11(8-14-12)15-10-4-2-9(13)3-5-10/h2-8,15H,13H2,1H3. The average molecular weight is 215 g/mol. The monoisotopic (exact) mass is 215 g/mol. The van der Waals surface area contributed by atoms with E-state index in [4.69, 9.17) is 10.5 Å². The SMILES string of the molecule is COc1ccc(Nc2ccc(N)cc2)cn1. The van der Waals surface area contributed by atoms with Crippen LogP contribution >= 0.6 is 0 Å². The Morgan fingerprint density at radius 1 is 1.06 bits per heavy atom. The van der Waals surface area contributed by atoms with Crippen LogP contribution in [-0.4, -0.2) is 12.1 Å². The van der Waals surface area contributed by atoms with Crippen LogP contribution in [0.15, 0.2) is 42.6 Å². The van der Waals surface area contributed by atoms with E-state index >= 15 is 0 Å². The summed E-state index contributed by atoms with van der Waals surface area (Å²) in [5, 5.41) is 3.21. The van der Waals surface area contributed by atoms with Gasteiger partial charge in [0, 0.05) is 17.4 Å². The highest BCUT2D eigenvalue weighted by molar-refractivity contribution is 5.61. The minimum Gasteiger partial charge on any atom is -0.481 e. The molecule has 0 saturated carbocycles. The number of hydrogen-bond acceptors (Lipinski definition) is 4. The second-order valence-electron chi connectivity index (χ2n) is 3.34. The predicted octanol–water partition coefficient (Wildman–Crippen LogP) is 2.42. The van der Waals surface area contributed by atoms with Crippen molar-refractivity contribution in [3.8, 4) is 5.88 Å². The van der Waals surface area contributed by atoms with Crippen molar-refractivity contribution in [2.45, 2.75) is 0 Å². The van der Waals surface area contributed by atoms with E-state index < -0.39 is 0 Å². The van der Waals surface area contributed by atoms with E-state index in [1.807, 2.05) is 30.3 Å². The van der Waals surface area contributed by atoms with Crippen LogP contribution in [0.3, 0.4) is 0 Å². The van der Waals surface area contributed by atoms with Crippen LogP contribution in [0.1, 0.15) is 0 Å². The van der Waals surface area contributed by atoms with Gasteiger partial charge in [-0.25, -0.2) is 4.98 Å². The van der Waals surface area contributed by atoms with Crippen LogP contribution in [0.4, 0.5) is 17.1 Å². The number of aromatic nitrogens is 1. The van der Waals surface area contributed by atoms with Crippen LogP contribution < -0.4 is 15.8 Å². The predicted molar refractivity (Wildman–Crippen MR) is 64.9 cm³/mol. The van der Waals surface area contributed by atoms with Gasteiger partial charge in [0.05, 0.1) is 19.0 Å². The first-order chi connectivity index (χ1) is 7.78. The number of nitrogens with zero attached hydrogens (tertiary/aromatic N) is 1. The van der Waals surface area contributed by atoms with Crippen molar-refractivity contribution in [3.05, 3.63) is 42.6 Å². The Morgan fingerprint density at radius 3 is 2.31 bits per heavy atom. The molecule has 0 amide bonds. The van der Waals surface area contributed by atoms with Gasteiger partial charge in [0.25, 0.3) is 0 Å². The number of pyridine rings is 1. The molecule has 3 N–H and O–H groups in total. The number of anilines is 3. The highest BCUT2D eigenvalue weighted by Gasteiger charge is 1.96. The summed E-state index contributed by atoms with van der Waals surface area (Å²) in [4.78, 5) is 4.10. The van der Waals surface area contributed by atoms with Crippen LogP contribution in [0.25, 0.3) is 0 Å². The second-order valence-corrected chi connectivity index (χ2v) is 3.34. The van der Waals surface area contributed by atoms with Crippen LogP contribution in [0.5, 0.6) is 5.88 Å². The first-order valence-corrected chi connectivity index (χ1v) is 4.90. The number of benzene rings is 1. The fourth-order valence-electron chi connectivity index (χ4n) is 1.31. The lowest BCUT2D eigenvalue weighted by Crippen LogP contribution is -1.93. The molecule has 4 heteroatoms. The Morgan fingerprint density at radius 2 is 1.75 bits per heavy atom.